The predicted octanol–water partition coefficient (Wildman–Crippen LogP) is 3.37. The van der Waals surface area contributed by atoms with Gasteiger partial charge in [-0.25, -0.2) is 4.39 Å². The van der Waals surface area contributed by atoms with Crippen molar-refractivity contribution in [2.45, 2.75) is 0 Å². The summed E-state index contributed by atoms with van der Waals surface area (Å²) >= 11 is 11.9. The normalized spacial score (nSPS) is 13.2. The predicted molar refractivity (Wildman–Crippen MR) is 86.9 cm³/mol. The number of halogens is 3. The number of fused-ring (bicyclic) bond motifs is 1. The molecule has 0 atom stereocenters. The van der Waals surface area contributed by atoms with E-state index >= 15 is 0 Å². The summed E-state index contributed by atoms with van der Waals surface area (Å²) in [5, 5.41) is 2.87. The maximum atomic E-state index is 13.7. The second kappa shape index (κ2) is 6.22. The van der Waals surface area contributed by atoms with Crippen molar-refractivity contribution in [1.29, 1.82) is 0 Å². The Bertz CT molecular complexity index is 865. The minimum Gasteiger partial charge on any atom is -0.322 e. The molecule has 0 fully saturated rings. The molecule has 5 nitrogen and oxygen atoms in total. The van der Waals surface area contributed by atoms with Gasteiger partial charge in [0.1, 0.15) is 12.4 Å². The van der Waals surface area contributed by atoms with Gasteiger partial charge in [0.15, 0.2) is 0 Å². The first-order chi connectivity index (χ1) is 11.4. The first-order valence-electron chi connectivity index (χ1n) is 6.78. The third-order valence-corrected chi connectivity index (χ3v) is 4.11. The number of anilines is 1. The number of imide groups is 1. The van der Waals surface area contributed by atoms with Crippen LogP contribution in [-0.2, 0) is 4.79 Å². The highest BCUT2D eigenvalue weighted by Gasteiger charge is 2.38. The lowest BCUT2D eigenvalue weighted by Gasteiger charge is -2.14. The van der Waals surface area contributed by atoms with Crippen LogP contribution in [-0.4, -0.2) is 29.2 Å². The number of hydrogen-bond acceptors (Lipinski definition) is 3. The Balaban J connectivity index is 1.80. The number of amides is 3. The molecule has 0 saturated heterocycles. The monoisotopic (exact) mass is 366 g/mol. The van der Waals surface area contributed by atoms with Crippen LogP contribution in [0.2, 0.25) is 10.0 Å². The van der Waals surface area contributed by atoms with Gasteiger partial charge in [-0.2, -0.15) is 0 Å². The van der Waals surface area contributed by atoms with E-state index in [0.717, 1.165) is 6.07 Å². The fourth-order valence-corrected chi connectivity index (χ4v) is 2.87. The van der Waals surface area contributed by atoms with Crippen molar-refractivity contribution < 1.29 is 18.8 Å². The molecule has 0 saturated carbocycles. The average molecular weight is 367 g/mol. The largest absolute Gasteiger partial charge is 0.322 e. The fraction of sp³-hybridized carbons (Fsp3) is 0.0625. The summed E-state index contributed by atoms with van der Waals surface area (Å²) in [6.07, 6.45) is 0. The molecule has 122 valence electrons. The molecule has 1 N–H and O–H groups in total. The smallest absolute Gasteiger partial charge is 0.265 e. The van der Waals surface area contributed by atoms with Crippen molar-refractivity contribution in [2.24, 2.45) is 0 Å². The Morgan fingerprint density at radius 3 is 2.29 bits per heavy atom. The first-order valence-corrected chi connectivity index (χ1v) is 7.54. The van der Waals surface area contributed by atoms with Gasteiger partial charge in [0.2, 0.25) is 5.91 Å². The summed E-state index contributed by atoms with van der Waals surface area (Å²) in [5.41, 5.74) is -0.219. The molecule has 0 aliphatic carbocycles. The molecule has 8 heteroatoms. The lowest BCUT2D eigenvalue weighted by Crippen LogP contribution is -2.37. The summed E-state index contributed by atoms with van der Waals surface area (Å²) in [4.78, 5) is 37.2. The number of rotatable bonds is 3. The van der Waals surface area contributed by atoms with Gasteiger partial charge in [0.05, 0.1) is 26.9 Å². The van der Waals surface area contributed by atoms with Crippen LogP contribution in [0, 0.1) is 5.82 Å². The lowest BCUT2D eigenvalue weighted by molar-refractivity contribution is -0.116. The third-order valence-electron chi connectivity index (χ3n) is 3.48. The van der Waals surface area contributed by atoms with Crippen LogP contribution in [0.3, 0.4) is 0 Å². The molecule has 0 bridgehead atoms. The van der Waals surface area contributed by atoms with Gasteiger partial charge in [0.25, 0.3) is 11.8 Å². The SMILES string of the molecule is O=C(CN1C(=O)c2cccc(F)c2C1=O)Nc1c(Cl)cccc1Cl. The number of benzene rings is 2. The summed E-state index contributed by atoms with van der Waals surface area (Å²) in [6.45, 7) is -0.576. The number of nitrogens with one attached hydrogen (secondary N) is 1. The van der Waals surface area contributed by atoms with Crippen molar-refractivity contribution in [2.75, 3.05) is 11.9 Å². The van der Waals surface area contributed by atoms with E-state index in [1.807, 2.05) is 0 Å². The first kappa shape index (κ1) is 16.4. The van der Waals surface area contributed by atoms with Crippen LogP contribution in [0.1, 0.15) is 20.7 Å². The van der Waals surface area contributed by atoms with Gasteiger partial charge >= 0.3 is 0 Å². The van der Waals surface area contributed by atoms with E-state index in [2.05, 4.69) is 5.32 Å². The molecular weight excluding hydrogens is 358 g/mol. The average Bonchev–Trinajstić information content (AvgIpc) is 2.77. The number of para-hydroxylation sites is 1. The zero-order valence-corrected chi connectivity index (χ0v) is 13.5. The zero-order chi connectivity index (χ0) is 17.4. The number of carbonyl (C=O) groups is 3. The van der Waals surface area contributed by atoms with Gasteiger partial charge in [-0.15, -0.1) is 0 Å². The molecule has 1 aliphatic rings. The van der Waals surface area contributed by atoms with Gasteiger partial charge < -0.3 is 5.32 Å². The van der Waals surface area contributed by atoms with Crippen molar-refractivity contribution in [3.05, 3.63) is 63.4 Å². The molecule has 0 unspecified atom stereocenters. The van der Waals surface area contributed by atoms with Crippen LogP contribution < -0.4 is 5.32 Å². The van der Waals surface area contributed by atoms with Gasteiger partial charge in [-0.05, 0) is 24.3 Å². The molecule has 1 aliphatic heterocycles. The van der Waals surface area contributed by atoms with E-state index < -0.39 is 30.1 Å². The quantitative estimate of drug-likeness (QED) is 0.846. The Hall–Kier alpha value is -2.44. The van der Waals surface area contributed by atoms with Crippen molar-refractivity contribution in [3.8, 4) is 0 Å². The van der Waals surface area contributed by atoms with Crippen molar-refractivity contribution in [1.82, 2.24) is 4.90 Å². The highest BCUT2D eigenvalue weighted by atomic mass is 35.5. The Kier molecular flexibility index (Phi) is 4.26. The molecular formula is C16H9Cl2FN2O3. The standard InChI is InChI=1S/C16H9Cl2FN2O3/c17-9-4-2-5-10(18)14(9)20-12(22)7-21-15(23)8-3-1-6-11(19)13(8)16(21)24/h1-6H,7H2,(H,20,22). The van der Waals surface area contributed by atoms with E-state index in [-0.39, 0.29) is 26.9 Å². The van der Waals surface area contributed by atoms with Crippen molar-refractivity contribution >= 4 is 46.6 Å². The maximum Gasteiger partial charge on any atom is 0.265 e. The molecule has 24 heavy (non-hydrogen) atoms. The van der Waals surface area contributed by atoms with E-state index in [0.29, 0.717) is 4.90 Å². The second-order valence-electron chi connectivity index (χ2n) is 5.00. The van der Waals surface area contributed by atoms with E-state index in [4.69, 9.17) is 23.2 Å². The van der Waals surface area contributed by atoms with Crippen LogP contribution in [0.25, 0.3) is 0 Å². The molecule has 0 aromatic heterocycles. The number of nitrogens with zero attached hydrogens (tertiary/aromatic N) is 1. The summed E-state index contributed by atoms with van der Waals surface area (Å²) in [6, 6.07) is 8.40. The fourth-order valence-electron chi connectivity index (χ4n) is 2.38. The minimum atomic E-state index is -0.853. The molecule has 0 spiro atoms. The van der Waals surface area contributed by atoms with E-state index in [9.17, 15) is 18.8 Å². The molecule has 3 rings (SSSR count). The summed E-state index contributed by atoms with van der Waals surface area (Å²) < 4.78 is 13.7. The van der Waals surface area contributed by atoms with Gasteiger partial charge in [0, 0.05) is 0 Å². The van der Waals surface area contributed by atoms with E-state index in [1.165, 1.54) is 24.3 Å². The van der Waals surface area contributed by atoms with Crippen LogP contribution in [0.15, 0.2) is 36.4 Å². The Labute approximate surface area is 146 Å². The van der Waals surface area contributed by atoms with Crippen molar-refractivity contribution in [3.63, 3.8) is 0 Å². The third kappa shape index (κ3) is 2.74. The topological polar surface area (TPSA) is 66.5 Å². The molecule has 0 radical (unpaired) electrons. The molecule has 2 aromatic rings. The maximum absolute atomic E-state index is 13.7. The summed E-state index contributed by atoms with van der Waals surface area (Å²) in [7, 11) is 0. The molecule has 1 heterocycles. The number of carbonyl (C=O) groups excluding carboxylic acids is 3. The Morgan fingerprint density at radius 1 is 1.04 bits per heavy atom. The Morgan fingerprint density at radius 2 is 1.67 bits per heavy atom. The molecule has 3 amide bonds. The number of hydrogen-bond donors (Lipinski definition) is 1. The highest BCUT2D eigenvalue weighted by molar-refractivity contribution is 6.39. The van der Waals surface area contributed by atoms with Crippen LogP contribution in [0.5, 0.6) is 0 Å². The highest BCUT2D eigenvalue weighted by Crippen LogP contribution is 2.30. The van der Waals surface area contributed by atoms with Crippen LogP contribution >= 0.6 is 23.2 Å². The van der Waals surface area contributed by atoms with Gasteiger partial charge in [-0.3, -0.25) is 19.3 Å². The second-order valence-corrected chi connectivity index (χ2v) is 5.82. The zero-order valence-electron chi connectivity index (χ0n) is 12.0. The molecule has 2 aromatic carbocycles. The lowest BCUT2D eigenvalue weighted by atomic mass is 10.1. The summed E-state index contributed by atoms with van der Waals surface area (Å²) in [5.74, 6) is -3.06. The minimum absolute atomic E-state index is 0.0661. The van der Waals surface area contributed by atoms with E-state index in [1.54, 1.807) is 6.07 Å². The van der Waals surface area contributed by atoms with Crippen LogP contribution in [0.4, 0.5) is 10.1 Å². The van der Waals surface area contributed by atoms with Gasteiger partial charge in [-0.1, -0.05) is 35.3 Å².